The molecule has 4 heterocycles. The highest BCUT2D eigenvalue weighted by Crippen LogP contribution is 2.37. The maximum absolute atomic E-state index is 12.8. The maximum Gasteiger partial charge on any atom is 0.410 e. The van der Waals surface area contributed by atoms with Gasteiger partial charge in [-0.3, -0.25) is 4.68 Å². The van der Waals surface area contributed by atoms with E-state index in [1.54, 1.807) is 4.90 Å². The smallest absolute Gasteiger partial charge is 0.410 e. The molecule has 0 spiro atoms. The second-order valence-electron chi connectivity index (χ2n) is 11.2. The number of nitrogen functional groups attached to an aromatic ring is 1. The molecule has 3 aromatic heterocycles. The van der Waals surface area contributed by atoms with Gasteiger partial charge in [0.15, 0.2) is 5.82 Å². The Hall–Kier alpha value is -4.40. The molecule has 9 heteroatoms. The number of nitrogens with zero attached hydrogens (tertiary/aromatic N) is 6. The molecule has 0 bridgehead atoms. The number of rotatable bonds is 4. The quantitative estimate of drug-likeness (QED) is 0.334. The fraction of sp³-hybridized carbons (Fsp3) is 0.333. The van der Waals surface area contributed by atoms with Gasteiger partial charge in [-0.2, -0.15) is 10.2 Å². The van der Waals surface area contributed by atoms with E-state index >= 15 is 0 Å². The number of nitrogens with two attached hydrogens (primary N) is 1. The summed E-state index contributed by atoms with van der Waals surface area (Å²) in [5, 5.41) is 10.5. The number of anilines is 1. The highest BCUT2D eigenvalue weighted by molar-refractivity contribution is 5.92. The minimum Gasteiger partial charge on any atom is -0.444 e. The average Bonchev–Trinajstić information content (AvgIpc) is 3.50. The van der Waals surface area contributed by atoms with Gasteiger partial charge in [-0.1, -0.05) is 42.5 Å². The molecule has 9 nitrogen and oxygen atoms in total. The van der Waals surface area contributed by atoms with Gasteiger partial charge in [0.2, 0.25) is 0 Å². The Morgan fingerprint density at radius 1 is 1.13 bits per heavy atom. The zero-order valence-corrected chi connectivity index (χ0v) is 22.5. The molecule has 200 valence electrons. The summed E-state index contributed by atoms with van der Waals surface area (Å²) in [4.78, 5) is 18.9. The molecule has 0 saturated carbocycles. The Balaban J connectivity index is 1.35. The number of fused-ring (bicyclic) bond motifs is 2. The van der Waals surface area contributed by atoms with Crippen molar-refractivity contribution in [3.05, 3.63) is 78.4 Å². The van der Waals surface area contributed by atoms with Crippen LogP contribution in [-0.4, -0.2) is 54.1 Å². The number of ether oxygens (including phenoxy) is 1. The summed E-state index contributed by atoms with van der Waals surface area (Å²) in [7, 11) is 0. The van der Waals surface area contributed by atoms with Gasteiger partial charge in [-0.05, 0) is 56.9 Å². The molecule has 1 unspecified atom stereocenters. The van der Waals surface area contributed by atoms with Crippen molar-refractivity contribution < 1.29 is 9.53 Å². The Bertz CT molecular complexity index is 1650. The van der Waals surface area contributed by atoms with Crippen LogP contribution < -0.4 is 5.73 Å². The lowest BCUT2D eigenvalue weighted by atomic mass is 9.94. The van der Waals surface area contributed by atoms with E-state index in [-0.39, 0.29) is 12.0 Å². The van der Waals surface area contributed by atoms with Crippen LogP contribution in [0.25, 0.3) is 27.5 Å². The Morgan fingerprint density at radius 2 is 1.95 bits per heavy atom. The molecule has 1 fully saturated rings. The number of carbonyl (C=O) groups excluding carboxylic acids is 1. The number of hydrogen-bond donors (Lipinski definition) is 1. The van der Waals surface area contributed by atoms with Gasteiger partial charge in [0, 0.05) is 41.8 Å². The van der Waals surface area contributed by atoms with Crippen molar-refractivity contribution in [1.29, 1.82) is 0 Å². The van der Waals surface area contributed by atoms with Crippen LogP contribution in [0.4, 0.5) is 10.6 Å². The Labute approximate surface area is 227 Å². The molecular weight excluding hydrogens is 490 g/mol. The summed E-state index contributed by atoms with van der Waals surface area (Å²) in [6.07, 6.45) is 5.10. The standard InChI is InChI=1S/C30H33N7O2/c1-30(2,3)39-29(38)35-13-7-10-23(17-35)26-15-24(27-28(31)32-19-33-37(26)27)21-11-12-22-18-36(34-25(22)14-21)16-20-8-5-4-6-9-20/h4-6,8-9,11-12,14-15,18-19,23H,7,10,13,16-17H2,1-3H3,(H2,31,32,33). The third-order valence-electron chi connectivity index (χ3n) is 7.15. The number of piperidine rings is 1. The van der Waals surface area contributed by atoms with E-state index in [2.05, 4.69) is 52.7 Å². The predicted molar refractivity (Wildman–Crippen MR) is 151 cm³/mol. The van der Waals surface area contributed by atoms with Crippen molar-refractivity contribution in [2.45, 2.75) is 51.7 Å². The monoisotopic (exact) mass is 523 g/mol. The number of benzene rings is 2. The van der Waals surface area contributed by atoms with Gasteiger partial charge >= 0.3 is 6.09 Å². The molecule has 0 aliphatic carbocycles. The van der Waals surface area contributed by atoms with Gasteiger partial charge in [0.1, 0.15) is 17.4 Å². The van der Waals surface area contributed by atoms with Gasteiger partial charge in [0.25, 0.3) is 0 Å². The first kappa shape index (κ1) is 24.9. The molecule has 6 rings (SSSR count). The number of likely N-dealkylation sites (tertiary alicyclic amines) is 1. The summed E-state index contributed by atoms with van der Waals surface area (Å²) < 4.78 is 9.51. The molecule has 0 radical (unpaired) electrons. The lowest BCUT2D eigenvalue weighted by molar-refractivity contribution is 0.0196. The van der Waals surface area contributed by atoms with E-state index in [9.17, 15) is 4.79 Å². The molecule has 1 amide bonds. The van der Waals surface area contributed by atoms with E-state index in [1.807, 2.05) is 48.2 Å². The van der Waals surface area contributed by atoms with E-state index in [1.165, 1.54) is 11.9 Å². The zero-order chi connectivity index (χ0) is 27.1. The topological polar surface area (TPSA) is 104 Å². The molecule has 39 heavy (non-hydrogen) atoms. The van der Waals surface area contributed by atoms with Crippen molar-refractivity contribution in [2.75, 3.05) is 18.8 Å². The number of amides is 1. The SMILES string of the molecule is CC(C)(C)OC(=O)N1CCCC(c2cc(-c3ccc4cn(Cc5ccccc5)nc4c3)c3c(N)ncnn23)C1. The summed E-state index contributed by atoms with van der Waals surface area (Å²) >= 11 is 0. The second kappa shape index (κ2) is 9.72. The van der Waals surface area contributed by atoms with Gasteiger partial charge in [0.05, 0.1) is 12.1 Å². The minimum atomic E-state index is -0.534. The fourth-order valence-corrected chi connectivity index (χ4v) is 5.40. The van der Waals surface area contributed by atoms with Crippen LogP contribution in [0.15, 0.2) is 67.1 Å². The molecule has 1 aliphatic heterocycles. The van der Waals surface area contributed by atoms with Crippen LogP contribution in [-0.2, 0) is 11.3 Å². The van der Waals surface area contributed by atoms with E-state index in [4.69, 9.17) is 15.6 Å². The van der Waals surface area contributed by atoms with Crippen molar-refractivity contribution >= 4 is 28.3 Å². The third kappa shape index (κ3) is 5.04. The number of carbonyl (C=O) groups is 1. The van der Waals surface area contributed by atoms with Crippen LogP contribution in [0, 0.1) is 0 Å². The van der Waals surface area contributed by atoms with Gasteiger partial charge in [-0.15, -0.1) is 0 Å². The average molecular weight is 524 g/mol. The molecule has 2 aromatic carbocycles. The van der Waals surface area contributed by atoms with Crippen molar-refractivity contribution in [2.24, 2.45) is 0 Å². The Morgan fingerprint density at radius 3 is 2.74 bits per heavy atom. The molecule has 1 saturated heterocycles. The third-order valence-corrected chi connectivity index (χ3v) is 7.15. The molecule has 1 atom stereocenters. The van der Waals surface area contributed by atoms with Crippen LogP contribution in [0.3, 0.4) is 0 Å². The fourth-order valence-electron chi connectivity index (χ4n) is 5.40. The van der Waals surface area contributed by atoms with Crippen molar-refractivity contribution in [3.63, 3.8) is 0 Å². The molecular formula is C30H33N7O2. The van der Waals surface area contributed by atoms with Crippen LogP contribution in [0.2, 0.25) is 0 Å². The lowest BCUT2D eigenvalue weighted by Gasteiger charge is -2.34. The summed E-state index contributed by atoms with van der Waals surface area (Å²) in [6, 6.07) is 18.7. The largest absolute Gasteiger partial charge is 0.444 e. The van der Waals surface area contributed by atoms with E-state index in [0.717, 1.165) is 46.1 Å². The molecule has 2 N–H and O–H groups in total. The summed E-state index contributed by atoms with van der Waals surface area (Å²) in [6.45, 7) is 7.62. The highest BCUT2D eigenvalue weighted by atomic mass is 16.6. The first-order valence-electron chi connectivity index (χ1n) is 13.4. The highest BCUT2D eigenvalue weighted by Gasteiger charge is 2.31. The second-order valence-corrected chi connectivity index (χ2v) is 11.2. The van der Waals surface area contributed by atoms with Crippen LogP contribution >= 0.6 is 0 Å². The number of hydrogen-bond acceptors (Lipinski definition) is 6. The molecule has 5 aromatic rings. The van der Waals surface area contributed by atoms with Crippen molar-refractivity contribution in [3.8, 4) is 11.1 Å². The first-order chi connectivity index (χ1) is 18.7. The first-order valence-corrected chi connectivity index (χ1v) is 13.4. The summed E-state index contributed by atoms with van der Waals surface area (Å²) in [5.74, 6) is 0.511. The van der Waals surface area contributed by atoms with E-state index in [0.29, 0.717) is 25.5 Å². The zero-order valence-electron chi connectivity index (χ0n) is 22.5. The van der Waals surface area contributed by atoms with Crippen LogP contribution in [0.5, 0.6) is 0 Å². The van der Waals surface area contributed by atoms with Crippen LogP contribution in [0.1, 0.15) is 50.8 Å². The van der Waals surface area contributed by atoms with Gasteiger partial charge in [-0.25, -0.2) is 14.3 Å². The van der Waals surface area contributed by atoms with Crippen molar-refractivity contribution in [1.82, 2.24) is 29.3 Å². The molecule has 1 aliphatic rings. The number of aromatic nitrogens is 5. The van der Waals surface area contributed by atoms with Gasteiger partial charge < -0.3 is 15.4 Å². The normalized spacial score (nSPS) is 16.2. The lowest BCUT2D eigenvalue weighted by Crippen LogP contribution is -2.42. The Kier molecular flexibility index (Phi) is 6.21. The minimum absolute atomic E-state index is 0.0932. The predicted octanol–water partition coefficient (Wildman–Crippen LogP) is 5.49. The summed E-state index contributed by atoms with van der Waals surface area (Å²) in [5.41, 5.74) is 11.7. The van der Waals surface area contributed by atoms with E-state index < -0.39 is 5.60 Å². The maximum atomic E-state index is 12.8.